The van der Waals surface area contributed by atoms with E-state index < -0.39 is 0 Å². The summed E-state index contributed by atoms with van der Waals surface area (Å²) in [4.78, 5) is 25.4. The van der Waals surface area contributed by atoms with Crippen molar-refractivity contribution in [3.05, 3.63) is 60.4 Å². The molecule has 1 fully saturated rings. The Morgan fingerprint density at radius 2 is 1.81 bits per heavy atom. The molecule has 0 atom stereocenters. The Bertz CT molecular complexity index is 1200. The number of hydrogen-bond donors (Lipinski definition) is 1. The second kappa shape index (κ2) is 8.72. The van der Waals surface area contributed by atoms with Gasteiger partial charge in [0.1, 0.15) is 12.1 Å². The molecule has 0 bridgehead atoms. The minimum atomic E-state index is 0.511. The van der Waals surface area contributed by atoms with Gasteiger partial charge >= 0.3 is 0 Å². The molecule has 5 rings (SSSR count). The molecule has 1 aliphatic heterocycles. The summed E-state index contributed by atoms with van der Waals surface area (Å²) in [7, 11) is 1.64. The Hall–Kier alpha value is -3.85. The third kappa shape index (κ3) is 4.02. The molecule has 9 nitrogen and oxygen atoms in total. The first-order valence-corrected chi connectivity index (χ1v) is 10.4. The average Bonchev–Trinajstić information content (AvgIpc) is 3.27. The molecular weight excluding hydrogens is 408 g/mol. The van der Waals surface area contributed by atoms with Gasteiger partial charge in [-0.2, -0.15) is 0 Å². The van der Waals surface area contributed by atoms with Crippen LogP contribution in [-0.2, 0) is 4.74 Å². The van der Waals surface area contributed by atoms with E-state index in [1.54, 1.807) is 18.5 Å². The van der Waals surface area contributed by atoms with Gasteiger partial charge in [-0.05, 0) is 48.9 Å². The predicted molar refractivity (Wildman–Crippen MR) is 122 cm³/mol. The third-order valence-corrected chi connectivity index (χ3v) is 5.25. The van der Waals surface area contributed by atoms with Crippen molar-refractivity contribution in [2.45, 2.75) is 6.92 Å². The van der Waals surface area contributed by atoms with Crippen LogP contribution in [0, 0.1) is 6.92 Å². The van der Waals surface area contributed by atoms with Crippen molar-refractivity contribution in [2.24, 2.45) is 0 Å². The number of ether oxygens (including phenoxy) is 2. The highest BCUT2D eigenvalue weighted by molar-refractivity contribution is 5.85. The van der Waals surface area contributed by atoms with Crippen LogP contribution in [0.25, 0.3) is 11.2 Å². The predicted octanol–water partition coefficient (Wildman–Crippen LogP) is 3.64. The van der Waals surface area contributed by atoms with Gasteiger partial charge in [0.2, 0.25) is 5.95 Å². The minimum Gasteiger partial charge on any atom is -0.497 e. The highest BCUT2D eigenvalue weighted by atomic mass is 16.7. The molecule has 2 aromatic heterocycles. The first-order chi connectivity index (χ1) is 15.7. The van der Waals surface area contributed by atoms with Crippen LogP contribution in [0.1, 0.15) is 5.56 Å². The maximum Gasteiger partial charge on any atom is 0.244 e. The van der Waals surface area contributed by atoms with Gasteiger partial charge in [0.05, 0.1) is 26.0 Å². The zero-order valence-electron chi connectivity index (χ0n) is 18.0. The number of fused-ring (bicyclic) bond motifs is 1. The zero-order chi connectivity index (χ0) is 21.9. The van der Waals surface area contributed by atoms with Crippen LogP contribution in [0.2, 0.25) is 0 Å². The summed E-state index contributed by atoms with van der Waals surface area (Å²) in [5, 5.41) is 1.67. The second-order valence-electron chi connectivity index (χ2n) is 7.45. The van der Waals surface area contributed by atoms with Crippen LogP contribution in [0.3, 0.4) is 0 Å². The summed E-state index contributed by atoms with van der Waals surface area (Å²) in [6, 6.07) is 15.4. The normalized spacial score (nSPS) is 13.9. The molecule has 2 aromatic carbocycles. The fourth-order valence-electron chi connectivity index (χ4n) is 3.62. The lowest BCUT2D eigenvalue weighted by atomic mass is 10.2. The van der Waals surface area contributed by atoms with E-state index in [2.05, 4.69) is 19.9 Å². The number of nitrogens with one attached hydrogen (secondary N) is 1. The maximum atomic E-state index is 6.26. The second-order valence-corrected chi connectivity index (χ2v) is 7.45. The van der Waals surface area contributed by atoms with E-state index in [1.165, 1.54) is 0 Å². The number of morpholine rings is 1. The molecule has 9 heteroatoms. The van der Waals surface area contributed by atoms with Crippen LogP contribution < -0.4 is 19.5 Å². The molecule has 0 amide bonds. The quantitative estimate of drug-likeness (QED) is 0.462. The number of methoxy groups -OCH3 is 1. The van der Waals surface area contributed by atoms with Gasteiger partial charge in [0.25, 0.3) is 0 Å². The Kier molecular flexibility index (Phi) is 5.47. The van der Waals surface area contributed by atoms with Gasteiger partial charge in [0.15, 0.2) is 22.7 Å². The monoisotopic (exact) mass is 432 g/mol. The number of H-pyrrole nitrogens is 1. The third-order valence-electron chi connectivity index (χ3n) is 5.25. The molecule has 0 radical (unpaired) electrons. The number of aromatic nitrogens is 4. The number of benzene rings is 2. The van der Waals surface area contributed by atoms with E-state index in [0.29, 0.717) is 36.1 Å². The lowest BCUT2D eigenvalue weighted by Crippen LogP contribution is -2.36. The molecule has 1 saturated heterocycles. The fourth-order valence-corrected chi connectivity index (χ4v) is 3.62. The lowest BCUT2D eigenvalue weighted by Gasteiger charge is -2.27. The van der Waals surface area contributed by atoms with Gasteiger partial charge in [-0.25, -0.2) is 15.0 Å². The summed E-state index contributed by atoms with van der Waals surface area (Å²) in [6.45, 7) is 4.89. The first-order valence-electron chi connectivity index (χ1n) is 10.4. The smallest absolute Gasteiger partial charge is 0.244 e. The topological polar surface area (TPSA) is 88.6 Å². The Labute approximate surface area is 185 Å². The Morgan fingerprint density at radius 1 is 1.03 bits per heavy atom. The average molecular weight is 432 g/mol. The van der Waals surface area contributed by atoms with Crippen molar-refractivity contribution < 1.29 is 14.3 Å². The first kappa shape index (κ1) is 20.1. The SMILES string of the molecule is COc1ccc(ON(c2cccc(C)c2)c2nc3c(N4CCOCC4)ncnc3[nH]2)cc1. The molecule has 0 spiro atoms. The van der Waals surface area contributed by atoms with Crippen molar-refractivity contribution in [3.63, 3.8) is 0 Å². The number of hydrogen-bond acceptors (Lipinski definition) is 8. The van der Waals surface area contributed by atoms with Crippen molar-refractivity contribution in [1.29, 1.82) is 0 Å². The van der Waals surface area contributed by atoms with Crippen molar-refractivity contribution >= 4 is 28.6 Å². The highest BCUT2D eigenvalue weighted by Crippen LogP contribution is 2.30. The number of imidazole rings is 1. The molecule has 0 saturated carbocycles. The van der Waals surface area contributed by atoms with Crippen molar-refractivity contribution in [1.82, 2.24) is 19.9 Å². The summed E-state index contributed by atoms with van der Waals surface area (Å²) in [6.07, 6.45) is 1.55. The Balaban J connectivity index is 1.55. The van der Waals surface area contributed by atoms with Crippen molar-refractivity contribution in [3.8, 4) is 11.5 Å². The van der Waals surface area contributed by atoms with E-state index in [-0.39, 0.29) is 0 Å². The lowest BCUT2D eigenvalue weighted by molar-refractivity contribution is 0.122. The summed E-state index contributed by atoms with van der Waals surface area (Å²) < 4.78 is 10.7. The Morgan fingerprint density at radius 3 is 2.56 bits per heavy atom. The number of aryl methyl sites for hydroxylation is 1. The minimum absolute atomic E-state index is 0.511. The van der Waals surface area contributed by atoms with Crippen LogP contribution in [0.4, 0.5) is 17.5 Å². The number of anilines is 3. The van der Waals surface area contributed by atoms with E-state index in [1.807, 2.05) is 55.5 Å². The molecule has 1 N–H and O–H groups in total. The molecule has 0 unspecified atom stereocenters. The van der Waals surface area contributed by atoms with Gasteiger partial charge in [-0.3, -0.25) is 0 Å². The largest absolute Gasteiger partial charge is 0.497 e. The fraction of sp³-hybridized carbons (Fsp3) is 0.261. The molecule has 1 aliphatic rings. The molecule has 164 valence electrons. The number of aromatic amines is 1. The molecule has 3 heterocycles. The van der Waals surface area contributed by atoms with Gasteiger partial charge < -0.3 is 24.2 Å². The van der Waals surface area contributed by atoms with Crippen molar-refractivity contribution in [2.75, 3.05) is 43.4 Å². The summed E-state index contributed by atoms with van der Waals surface area (Å²) in [5.41, 5.74) is 3.28. The van der Waals surface area contributed by atoms with Crippen LogP contribution >= 0.6 is 0 Å². The summed E-state index contributed by atoms with van der Waals surface area (Å²) in [5.74, 6) is 2.70. The number of rotatable bonds is 6. The van der Waals surface area contributed by atoms with Gasteiger partial charge in [0, 0.05) is 13.1 Å². The standard InChI is InChI=1S/C23H24N6O3/c1-16-4-3-5-17(14-16)29(32-19-8-6-18(30-2)7-9-19)23-26-20-21(27-23)24-15-25-22(20)28-10-12-31-13-11-28/h3-9,14-15H,10-13H2,1-2H3,(H,24,25,26,27). The van der Waals surface area contributed by atoms with E-state index in [0.717, 1.165) is 35.9 Å². The molecule has 32 heavy (non-hydrogen) atoms. The molecule has 4 aromatic rings. The maximum absolute atomic E-state index is 6.26. The van der Waals surface area contributed by atoms with E-state index >= 15 is 0 Å². The van der Waals surface area contributed by atoms with Crippen LogP contribution in [0.5, 0.6) is 11.5 Å². The van der Waals surface area contributed by atoms with Gasteiger partial charge in [-0.1, -0.05) is 12.1 Å². The van der Waals surface area contributed by atoms with E-state index in [9.17, 15) is 0 Å². The molecule has 0 aliphatic carbocycles. The molecular formula is C23H24N6O3. The van der Waals surface area contributed by atoms with E-state index in [4.69, 9.17) is 19.3 Å². The van der Waals surface area contributed by atoms with Crippen LogP contribution in [-0.4, -0.2) is 53.3 Å². The number of nitrogens with zero attached hydrogens (tertiary/aromatic N) is 5. The zero-order valence-corrected chi connectivity index (χ0v) is 18.0. The van der Waals surface area contributed by atoms with Crippen LogP contribution in [0.15, 0.2) is 54.9 Å². The highest BCUT2D eigenvalue weighted by Gasteiger charge is 2.22. The van der Waals surface area contributed by atoms with Gasteiger partial charge in [-0.15, -0.1) is 5.06 Å². The summed E-state index contributed by atoms with van der Waals surface area (Å²) >= 11 is 0.